The van der Waals surface area contributed by atoms with Gasteiger partial charge in [-0.2, -0.15) is 0 Å². The van der Waals surface area contributed by atoms with Gasteiger partial charge in [-0.1, -0.05) is 92.7 Å². The number of benzene rings is 4. The van der Waals surface area contributed by atoms with Gasteiger partial charge in [0.15, 0.2) is 11.5 Å². The van der Waals surface area contributed by atoms with E-state index >= 15 is 0 Å². The summed E-state index contributed by atoms with van der Waals surface area (Å²) in [5, 5.41) is 3.68. The lowest BCUT2D eigenvalue weighted by Gasteiger charge is -2.30. The summed E-state index contributed by atoms with van der Waals surface area (Å²) in [6.45, 7) is 4.57. The molecular formula is C28H25NO. The second kappa shape index (κ2) is 7.72. The Bertz CT molecular complexity index is 1170. The molecule has 5 rings (SSSR count). The van der Waals surface area contributed by atoms with E-state index in [0.29, 0.717) is 0 Å². The second-order valence-electron chi connectivity index (χ2n) is 7.93. The molecule has 0 aliphatic carbocycles. The van der Waals surface area contributed by atoms with Gasteiger partial charge < -0.3 is 10.1 Å². The summed E-state index contributed by atoms with van der Waals surface area (Å²) in [5.74, 6) is 2.25. The third-order valence-corrected chi connectivity index (χ3v) is 6.11. The lowest BCUT2D eigenvalue weighted by molar-refractivity contribution is 0.479. The highest BCUT2D eigenvalue weighted by atomic mass is 16.5. The summed E-state index contributed by atoms with van der Waals surface area (Å²) < 4.78 is 6.28. The molecule has 0 aromatic heterocycles. The zero-order valence-corrected chi connectivity index (χ0v) is 17.3. The van der Waals surface area contributed by atoms with Crippen LogP contribution in [0.1, 0.15) is 47.9 Å². The number of ether oxygens (including phenoxy) is 1. The zero-order valence-electron chi connectivity index (χ0n) is 17.3. The molecule has 1 N–H and O–H groups in total. The molecule has 2 heteroatoms. The maximum absolute atomic E-state index is 6.28. The van der Waals surface area contributed by atoms with Crippen molar-refractivity contribution in [2.45, 2.75) is 25.7 Å². The minimum absolute atomic E-state index is 0.226. The summed E-state index contributed by atoms with van der Waals surface area (Å²) in [5.41, 5.74) is 7.32. The second-order valence-corrected chi connectivity index (χ2v) is 7.93. The number of rotatable bonds is 4. The van der Waals surface area contributed by atoms with Crippen molar-refractivity contribution in [1.82, 2.24) is 0 Å². The van der Waals surface area contributed by atoms with Gasteiger partial charge in [-0.3, -0.25) is 0 Å². The van der Waals surface area contributed by atoms with Crippen molar-refractivity contribution in [3.05, 3.63) is 119 Å². The van der Waals surface area contributed by atoms with Crippen LogP contribution < -0.4 is 10.1 Å². The van der Waals surface area contributed by atoms with Gasteiger partial charge in [0.2, 0.25) is 0 Å². The van der Waals surface area contributed by atoms with E-state index in [1.165, 1.54) is 22.3 Å². The fraction of sp³-hybridized carbons (Fsp3) is 0.143. The Morgan fingerprint density at radius 2 is 1.20 bits per heavy atom. The van der Waals surface area contributed by atoms with Crippen LogP contribution in [0, 0.1) is 0 Å². The molecule has 1 aliphatic heterocycles. The van der Waals surface area contributed by atoms with Gasteiger partial charge in [0, 0.05) is 11.8 Å². The molecule has 2 atom stereocenters. The van der Waals surface area contributed by atoms with Crippen LogP contribution in [0.2, 0.25) is 0 Å². The number of para-hydroxylation sites is 2. The van der Waals surface area contributed by atoms with Crippen molar-refractivity contribution in [3.8, 4) is 11.5 Å². The number of hydrogen-bond acceptors (Lipinski definition) is 2. The minimum Gasteiger partial charge on any atom is -0.453 e. The average Bonchev–Trinajstić information content (AvgIpc) is 2.82. The van der Waals surface area contributed by atoms with Gasteiger partial charge in [0.1, 0.15) is 0 Å². The predicted molar refractivity (Wildman–Crippen MR) is 124 cm³/mol. The molecule has 0 amide bonds. The molecule has 0 saturated carbocycles. The summed E-state index contributed by atoms with van der Waals surface area (Å²) >= 11 is 0. The molecule has 0 spiro atoms. The van der Waals surface area contributed by atoms with Crippen molar-refractivity contribution >= 4 is 11.4 Å². The van der Waals surface area contributed by atoms with Crippen molar-refractivity contribution in [2.24, 2.45) is 0 Å². The molecule has 0 bridgehead atoms. The summed E-state index contributed by atoms with van der Waals surface area (Å²) in [6, 6.07) is 33.9. The highest BCUT2D eigenvalue weighted by Crippen LogP contribution is 2.49. The fourth-order valence-corrected chi connectivity index (χ4v) is 4.42. The number of anilines is 2. The third kappa shape index (κ3) is 3.25. The lowest BCUT2D eigenvalue weighted by Crippen LogP contribution is -2.12. The summed E-state index contributed by atoms with van der Waals surface area (Å²) in [4.78, 5) is 0. The smallest absolute Gasteiger partial charge is 0.151 e. The van der Waals surface area contributed by atoms with E-state index in [2.05, 4.69) is 98.0 Å². The summed E-state index contributed by atoms with van der Waals surface area (Å²) in [6.07, 6.45) is 0. The Kier molecular flexibility index (Phi) is 4.76. The molecule has 1 heterocycles. The lowest BCUT2D eigenvalue weighted by atomic mass is 9.81. The molecule has 148 valence electrons. The van der Waals surface area contributed by atoms with Crippen LogP contribution in [0.3, 0.4) is 0 Å². The Morgan fingerprint density at radius 3 is 1.90 bits per heavy atom. The van der Waals surface area contributed by atoms with Crippen molar-refractivity contribution in [1.29, 1.82) is 0 Å². The van der Waals surface area contributed by atoms with Gasteiger partial charge in [-0.05, 0) is 40.5 Å². The first-order chi connectivity index (χ1) is 14.7. The molecule has 4 aromatic carbocycles. The zero-order chi connectivity index (χ0) is 20.5. The molecule has 0 fully saturated rings. The third-order valence-electron chi connectivity index (χ3n) is 6.11. The van der Waals surface area contributed by atoms with Gasteiger partial charge in [-0.15, -0.1) is 0 Å². The van der Waals surface area contributed by atoms with Crippen molar-refractivity contribution in [2.75, 3.05) is 5.32 Å². The van der Waals surface area contributed by atoms with Gasteiger partial charge >= 0.3 is 0 Å². The Hall–Kier alpha value is -3.52. The van der Waals surface area contributed by atoms with Crippen molar-refractivity contribution in [3.63, 3.8) is 0 Å². The Labute approximate surface area is 178 Å². The van der Waals surface area contributed by atoms with E-state index in [0.717, 1.165) is 22.9 Å². The maximum Gasteiger partial charge on any atom is 0.151 e. The molecule has 2 unspecified atom stereocenters. The van der Waals surface area contributed by atoms with E-state index in [1.807, 2.05) is 18.2 Å². The van der Waals surface area contributed by atoms with Crippen LogP contribution in [0.4, 0.5) is 11.4 Å². The first-order valence-corrected chi connectivity index (χ1v) is 10.5. The van der Waals surface area contributed by atoms with Gasteiger partial charge in [-0.25, -0.2) is 0 Å². The first kappa shape index (κ1) is 18.5. The largest absolute Gasteiger partial charge is 0.453 e. The molecule has 0 radical (unpaired) electrons. The molecule has 4 aromatic rings. The highest BCUT2D eigenvalue weighted by molar-refractivity contribution is 5.80. The molecule has 2 nitrogen and oxygen atoms in total. The van der Waals surface area contributed by atoms with Crippen LogP contribution in [-0.2, 0) is 0 Å². The number of nitrogens with one attached hydrogen (secondary N) is 1. The van der Waals surface area contributed by atoms with E-state index in [9.17, 15) is 0 Å². The van der Waals surface area contributed by atoms with Crippen LogP contribution >= 0.6 is 0 Å². The van der Waals surface area contributed by atoms with E-state index < -0.39 is 0 Å². The Morgan fingerprint density at radius 1 is 0.600 bits per heavy atom. The van der Waals surface area contributed by atoms with Crippen LogP contribution in [0.5, 0.6) is 11.5 Å². The van der Waals surface area contributed by atoms with Gasteiger partial charge in [0.05, 0.1) is 11.4 Å². The standard InChI is InChI=1S/C28H25NO/c1-19(21-11-5-3-6-12-21)23-17-18-26-28(29-24-15-9-10-16-25(24)30-26)27(23)20(2)22-13-7-4-8-14-22/h3-20,29H,1-2H3. The van der Waals surface area contributed by atoms with E-state index in [1.54, 1.807) is 0 Å². The minimum atomic E-state index is 0.226. The maximum atomic E-state index is 6.28. The van der Waals surface area contributed by atoms with Crippen LogP contribution in [0.15, 0.2) is 97.1 Å². The molecule has 30 heavy (non-hydrogen) atoms. The van der Waals surface area contributed by atoms with E-state index in [4.69, 9.17) is 4.74 Å². The van der Waals surface area contributed by atoms with Gasteiger partial charge in [0.25, 0.3) is 0 Å². The Balaban J connectivity index is 1.68. The number of fused-ring (bicyclic) bond motifs is 2. The SMILES string of the molecule is CC(c1ccccc1)c1ccc2c(c1C(C)c1ccccc1)Nc1ccccc1O2. The molecule has 1 aliphatic rings. The van der Waals surface area contributed by atoms with Crippen LogP contribution in [-0.4, -0.2) is 0 Å². The monoisotopic (exact) mass is 391 g/mol. The predicted octanol–water partition coefficient (Wildman–Crippen LogP) is 7.84. The average molecular weight is 392 g/mol. The highest BCUT2D eigenvalue weighted by Gasteiger charge is 2.27. The topological polar surface area (TPSA) is 21.3 Å². The number of hydrogen-bond donors (Lipinski definition) is 1. The van der Waals surface area contributed by atoms with Crippen LogP contribution in [0.25, 0.3) is 0 Å². The fourth-order valence-electron chi connectivity index (χ4n) is 4.42. The quantitative estimate of drug-likeness (QED) is 0.337. The molecular weight excluding hydrogens is 366 g/mol. The molecule has 0 saturated heterocycles. The first-order valence-electron chi connectivity index (χ1n) is 10.5. The van der Waals surface area contributed by atoms with E-state index in [-0.39, 0.29) is 11.8 Å². The normalized spacial score (nSPS) is 13.9. The van der Waals surface area contributed by atoms with Crippen molar-refractivity contribution < 1.29 is 4.74 Å². The summed E-state index contributed by atoms with van der Waals surface area (Å²) in [7, 11) is 0.